The Morgan fingerprint density at radius 2 is 2.12 bits per heavy atom. The number of amides is 1. The van der Waals surface area contributed by atoms with E-state index in [9.17, 15) is 9.59 Å². The summed E-state index contributed by atoms with van der Waals surface area (Å²) < 4.78 is 5.38. The number of carboxylic acids is 1. The lowest BCUT2D eigenvalue weighted by atomic mass is 9.96. The molecule has 6 heteroatoms. The van der Waals surface area contributed by atoms with Gasteiger partial charge in [0.25, 0.3) is 5.91 Å². The largest absolute Gasteiger partial charge is 0.478 e. The van der Waals surface area contributed by atoms with Crippen LogP contribution in [0.15, 0.2) is 28.8 Å². The third-order valence-electron chi connectivity index (χ3n) is 5.43. The van der Waals surface area contributed by atoms with E-state index in [1.165, 1.54) is 0 Å². The second kappa shape index (κ2) is 6.94. The molecule has 0 unspecified atom stereocenters. The van der Waals surface area contributed by atoms with Gasteiger partial charge in [-0.25, -0.2) is 4.79 Å². The molecule has 0 bridgehead atoms. The number of nitrogens with zero attached hydrogens (tertiary/aromatic N) is 2. The molecule has 1 aliphatic heterocycles. The zero-order valence-electron chi connectivity index (χ0n) is 14.6. The lowest BCUT2D eigenvalue weighted by Crippen LogP contribution is -2.29. The molecule has 1 atom stereocenters. The maximum absolute atomic E-state index is 12.8. The minimum atomic E-state index is -0.912. The zero-order chi connectivity index (χ0) is 18.1. The maximum atomic E-state index is 12.8. The van der Waals surface area contributed by atoms with Gasteiger partial charge in [0.1, 0.15) is 0 Å². The van der Waals surface area contributed by atoms with Crippen LogP contribution in [0.1, 0.15) is 57.0 Å². The molecule has 2 aliphatic rings. The number of aromatic carboxylic acids is 1. The van der Waals surface area contributed by atoms with E-state index in [-0.39, 0.29) is 5.91 Å². The van der Waals surface area contributed by atoms with Crippen molar-refractivity contribution in [2.75, 3.05) is 13.1 Å². The average Bonchev–Trinajstić information content (AvgIpc) is 3.28. The van der Waals surface area contributed by atoms with E-state index < -0.39 is 5.97 Å². The summed E-state index contributed by atoms with van der Waals surface area (Å²) in [7, 11) is 0. The maximum Gasteiger partial charge on any atom is 0.335 e. The van der Waals surface area contributed by atoms with Crippen molar-refractivity contribution in [1.29, 1.82) is 0 Å². The van der Waals surface area contributed by atoms with Gasteiger partial charge in [0.05, 0.1) is 11.3 Å². The molecule has 1 saturated heterocycles. The second-order valence-corrected chi connectivity index (χ2v) is 7.26. The van der Waals surface area contributed by atoms with E-state index in [1.54, 1.807) is 18.2 Å². The number of aromatic nitrogens is 1. The van der Waals surface area contributed by atoms with Crippen molar-refractivity contribution in [3.05, 3.63) is 52.4 Å². The van der Waals surface area contributed by atoms with Crippen molar-refractivity contribution in [1.82, 2.24) is 10.1 Å². The van der Waals surface area contributed by atoms with E-state index in [2.05, 4.69) is 5.16 Å². The molecule has 2 heterocycles. The standard InChI is InChI=1S/C20H22N2O4/c23-19(18-16-6-1-2-7-17(16)21-26-18)22-9-8-14(12-22)10-13-4-3-5-15(11-13)20(24)25/h3-5,11,14H,1-2,6-10,12H2,(H,24,25)/t14-/m0/s1. The van der Waals surface area contributed by atoms with Crippen molar-refractivity contribution in [3.8, 4) is 0 Å². The first kappa shape index (κ1) is 16.8. The summed E-state index contributed by atoms with van der Waals surface area (Å²) in [5, 5.41) is 13.2. The minimum absolute atomic E-state index is 0.0533. The minimum Gasteiger partial charge on any atom is -0.478 e. The summed E-state index contributed by atoms with van der Waals surface area (Å²) in [5.41, 5.74) is 3.25. The van der Waals surface area contributed by atoms with E-state index in [4.69, 9.17) is 9.63 Å². The van der Waals surface area contributed by atoms with Gasteiger partial charge in [-0.05, 0) is 62.1 Å². The van der Waals surface area contributed by atoms with Crippen LogP contribution in [0.5, 0.6) is 0 Å². The average molecular weight is 354 g/mol. The van der Waals surface area contributed by atoms with Crippen molar-refractivity contribution < 1.29 is 19.2 Å². The number of carboxylic acid groups (broad SMARTS) is 1. The van der Waals surface area contributed by atoms with Crippen LogP contribution in [0.2, 0.25) is 0 Å². The molecular formula is C20H22N2O4. The highest BCUT2D eigenvalue weighted by Gasteiger charge is 2.32. The topological polar surface area (TPSA) is 83.6 Å². The molecule has 1 fully saturated rings. The molecular weight excluding hydrogens is 332 g/mol. The normalized spacial score (nSPS) is 19.4. The first-order valence-electron chi connectivity index (χ1n) is 9.20. The van der Waals surface area contributed by atoms with Crippen LogP contribution in [-0.2, 0) is 19.3 Å². The monoisotopic (exact) mass is 354 g/mol. The molecule has 26 heavy (non-hydrogen) atoms. The first-order valence-corrected chi connectivity index (χ1v) is 9.20. The Kier molecular flexibility index (Phi) is 4.49. The Morgan fingerprint density at radius 3 is 2.96 bits per heavy atom. The summed E-state index contributed by atoms with van der Waals surface area (Å²) in [4.78, 5) is 25.8. The number of rotatable bonds is 4. The van der Waals surface area contributed by atoms with E-state index in [0.29, 0.717) is 30.3 Å². The van der Waals surface area contributed by atoms with Gasteiger partial charge < -0.3 is 14.5 Å². The molecule has 1 amide bonds. The van der Waals surface area contributed by atoms with Crippen LogP contribution in [0, 0.1) is 5.92 Å². The van der Waals surface area contributed by atoms with Crippen molar-refractivity contribution in [3.63, 3.8) is 0 Å². The van der Waals surface area contributed by atoms with Gasteiger partial charge in [0.15, 0.2) is 0 Å². The third kappa shape index (κ3) is 3.23. The highest BCUT2D eigenvalue weighted by Crippen LogP contribution is 2.28. The predicted octanol–water partition coefficient (Wildman–Crippen LogP) is 2.96. The fourth-order valence-electron chi connectivity index (χ4n) is 4.05. The first-order chi connectivity index (χ1) is 12.6. The lowest BCUT2D eigenvalue weighted by molar-refractivity contribution is 0.0695. The molecule has 0 radical (unpaired) electrons. The Morgan fingerprint density at radius 1 is 1.27 bits per heavy atom. The summed E-state index contributed by atoms with van der Waals surface area (Å²) in [6.07, 6.45) is 5.65. The fraction of sp³-hybridized carbons (Fsp3) is 0.450. The number of fused-ring (bicyclic) bond motifs is 1. The van der Waals surface area contributed by atoms with Gasteiger partial charge in [0, 0.05) is 18.7 Å². The summed E-state index contributed by atoms with van der Waals surface area (Å²) in [6, 6.07) is 7.05. The van der Waals surface area contributed by atoms with Gasteiger partial charge in [0.2, 0.25) is 5.76 Å². The molecule has 1 aliphatic carbocycles. The van der Waals surface area contributed by atoms with Crippen molar-refractivity contribution in [2.24, 2.45) is 5.92 Å². The van der Waals surface area contributed by atoms with Gasteiger partial charge in [-0.2, -0.15) is 0 Å². The highest BCUT2D eigenvalue weighted by atomic mass is 16.5. The van der Waals surface area contributed by atoms with Crippen LogP contribution in [0.4, 0.5) is 0 Å². The molecule has 136 valence electrons. The molecule has 2 aromatic rings. The Balaban J connectivity index is 1.42. The van der Waals surface area contributed by atoms with Crippen LogP contribution in [0.25, 0.3) is 0 Å². The summed E-state index contributed by atoms with van der Waals surface area (Å²) >= 11 is 0. The van der Waals surface area contributed by atoms with Crippen LogP contribution < -0.4 is 0 Å². The van der Waals surface area contributed by atoms with Crippen molar-refractivity contribution in [2.45, 2.75) is 38.5 Å². The number of carbonyl (C=O) groups excluding carboxylic acids is 1. The third-order valence-corrected chi connectivity index (χ3v) is 5.43. The second-order valence-electron chi connectivity index (χ2n) is 7.26. The Bertz CT molecular complexity index is 842. The number of benzene rings is 1. The Hall–Kier alpha value is -2.63. The predicted molar refractivity (Wildman–Crippen MR) is 94.3 cm³/mol. The molecule has 4 rings (SSSR count). The van der Waals surface area contributed by atoms with Gasteiger partial charge in [-0.1, -0.05) is 17.3 Å². The zero-order valence-corrected chi connectivity index (χ0v) is 14.6. The summed E-state index contributed by atoms with van der Waals surface area (Å²) in [5.74, 6) is -0.206. The molecule has 0 saturated carbocycles. The number of hydrogen-bond acceptors (Lipinski definition) is 4. The van der Waals surface area contributed by atoms with E-state index in [1.807, 2.05) is 11.0 Å². The smallest absolute Gasteiger partial charge is 0.335 e. The highest BCUT2D eigenvalue weighted by molar-refractivity contribution is 5.93. The summed E-state index contributed by atoms with van der Waals surface area (Å²) in [6.45, 7) is 1.38. The van der Waals surface area contributed by atoms with Crippen LogP contribution in [0.3, 0.4) is 0 Å². The van der Waals surface area contributed by atoms with Gasteiger partial charge in [-0.3, -0.25) is 4.79 Å². The number of likely N-dealkylation sites (tertiary alicyclic amines) is 1. The lowest BCUT2D eigenvalue weighted by Gasteiger charge is -2.16. The molecule has 1 N–H and O–H groups in total. The number of carbonyl (C=O) groups is 2. The van der Waals surface area contributed by atoms with Gasteiger partial charge >= 0.3 is 5.97 Å². The van der Waals surface area contributed by atoms with Crippen LogP contribution in [-0.4, -0.2) is 40.1 Å². The SMILES string of the molecule is O=C(O)c1cccc(C[C@@H]2CCN(C(=O)c3onc4c3CCCC4)C2)c1. The van der Waals surface area contributed by atoms with Gasteiger partial charge in [-0.15, -0.1) is 0 Å². The van der Waals surface area contributed by atoms with E-state index in [0.717, 1.165) is 55.3 Å². The van der Waals surface area contributed by atoms with Crippen LogP contribution >= 0.6 is 0 Å². The van der Waals surface area contributed by atoms with Crippen molar-refractivity contribution >= 4 is 11.9 Å². The number of hydrogen-bond donors (Lipinski definition) is 1. The molecule has 1 aromatic carbocycles. The molecule has 6 nitrogen and oxygen atoms in total. The number of aryl methyl sites for hydroxylation is 1. The molecule has 1 aromatic heterocycles. The van der Waals surface area contributed by atoms with E-state index >= 15 is 0 Å². The fourth-order valence-corrected chi connectivity index (χ4v) is 4.05. The quantitative estimate of drug-likeness (QED) is 0.913. The Labute approximate surface area is 151 Å². The molecule has 0 spiro atoms.